The fraction of sp³-hybridized carbons (Fsp3) is 0.200. The van der Waals surface area contributed by atoms with Crippen LogP contribution in [0.2, 0.25) is 5.02 Å². The Labute approximate surface area is 117 Å². The molecule has 0 aliphatic rings. The summed E-state index contributed by atoms with van der Waals surface area (Å²) in [5.74, 6) is 1.44. The number of aliphatic hydroxyl groups is 1. The molecule has 4 heteroatoms. The summed E-state index contributed by atoms with van der Waals surface area (Å²) in [5.41, 5.74) is 1.08. The lowest BCUT2D eigenvalue weighted by Gasteiger charge is -2.09. The van der Waals surface area contributed by atoms with Gasteiger partial charge in [-0.1, -0.05) is 23.7 Å². The number of ether oxygens (including phenoxy) is 2. The minimum absolute atomic E-state index is 0.140. The minimum atomic E-state index is 0.140. The van der Waals surface area contributed by atoms with E-state index in [1.54, 1.807) is 24.3 Å². The van der Waals surface area contributed by atoms with Crippen LogP contribution in [0.15, 0.2) is 48.5 Å². The van der Waals surface area contributed by atoms with Crippen LogP contribution in [0.3, 0.4) is 0 Å². The predicted molar refractivity (Wildman–Crippen MR) is 74.8 cm³/mol. The Balaban J connectivity index is 1.80. The van der Waals surface area contributed by atoms with Crippen molar-refractivity contribution in [2.45, 2.75) is 6.42 Å². The Morgan fingerprint density at radius 3 is 1.89 bits per heavy atom. The topological polar surface area (TPSA) is 38.7 Å². The quantitative estimate of drug-likeness (QED) is 0.824. The second-order valence-electron chi connectivity index (χ2n) is 3.98. The van der Waals surface area contributed by atoms with E-state index in [9.17, 15) is 0 Å². The Kier molecular flexibility index (Phi) is 5.07. The van der Waals surface area contributed by atoms with Crippen molar-refractivity contribution in [1.29, 1.82) is 0 Å². The van der Waals surface area contributed by atoms with Gasteiger partial charge < -0.3 is 14.6 Å². The monoisotopic (exact) mass is 278 g/mol. The van der Waals surface area contributed by atoms with Crippen LogP contribution in [-0.4, -0.2) is 18.5 Å². The van der Waals surface area contributed by atoms with Gasteiger partial charge in [0.05, 0.1) is 0 Å². The smallest absolute Gasteiger partial charge is 0.230 e. The highest BCUT2D eigenvalue weighted by Crippen LogP contribution is 2.16. The zero-order valence-corrected chi connectivity index (χ0v) is 11.1. The van der Waals surface area contributed by atoms with Crippen molar-refractivity contribution < 1.29 is 14.6 Å². The van der Waals surface area contributed by atoms with Gasteiger partial charge in [0.1, 0.15) is 11.5 Å². The molecule has 3 nitrogen and oxygen atoms in total. The highest BCUT2D eigenvalue weighted by atomic mass is 35.5. The summed E-state index contributed by atoms with van der Waals surface area (Å²) in [7, 11) is 0. The third-order valence-electron chi connectivity index (χ3n) is 2.59. The van der Waals surface area contributed by atoms with Crippen LogP contribution >= 0.6 is 11.6 Å². The van der Waals surface area contributed by atoms with Gasteiger partial charge in [-0.15, -0.1) is 0 Å². The summed E-state index contributed by atoms with van der Waals surface area (Å²) in [6.07, 6.45) is 0.654. The molecule has 0 aliphatic heterocycles. The molecule has 0 bridgehead atoms. The van der Waals surface area contributed by atoms with Gasteiger partial charge in [0, 0.05) is 11.6 Å². The summed E-state index contributed by atoms with van der Waals surface area (Å²) in [6.45, 7) is 0.293. The van der Waals surface area contributed by atoms with Gasteiger partial charge >= 0.3 is 0 Å². The van der Waals surface area contributed by atoms with Crippen LogP contribution < -0.4 is 9.47 Å². The Morgan fingerprint density at radius 2 is 1.37 bits per heavy atom. The standard InChI is InChI=1S/C15H15ClO3/c16-13-3-7-15(8-4-13)19-11-18-14-5-1-12(2-6-14)9-10-17/h1-8,17H,9-11H2. The van der Waals surface area contributed by atoms with E-state index < -0.39 is 0 Å². The molecule has 0 amide bonds. The number of hydrogen-bond donors (Lipinski definition) is 1. The van der Waals surface area contributed by atoms with Crippen molar-refractivity contribution in [2.75, 3.05) is 13.4 Å². The lowest BCUT2D eigenvalue weighted by atomic mass is 10.1. The first-order chi connectivity index (χ1) is 9.28. The van der Waals surface area contributed by atoms with Crippen LogP contribution in [0.1, 0.15) is 5.56 Å². The predicted octanol–water partition coefficient (Wildman–Crippen LogP) is 3.29. The van der Waals surface area contributed by atoms with Gasteiger partial charge in [-0.25, -0.2) is 0 Å². The van der Waals surface area contributed by atoms with Gasteiger partial charge in [0.25, 0.3) is 0 Å². The van der Waals surface area contributed by atoms with Crippen molar-refractivity contribution in [1.82, 2.24) is 0 Å². The molecular weight excluding hydrogens is 264 g/mol. The molecule has 0 fully saturated rings. The van der Waals surface area contributed by atoms with Gasteiger partial charge in [-0.3, -0.25) is 0 Å². The van der Waals surface area contributed by atoms with Crippen LogP contribution in [0.5, 0.6) is 11.5 Å². The van der Waals surface area contributed by atoms with Crippen molar-refractivity contribution in [3.63, 3.8) is 0 Å². The molecule has 0 radical (unpaired) electrons. The molecule has 0 heterocycles. The average molecular weight is 279 g/mol. The number of halogens is 1. The summed E-state index contributed by atoms with van der Waals surface area (Å²) in [5, 5.41) is 9.49. The van der Waals surface area contributed by atoms with Crippen molar-refractivity contribution in [3.8, 4) is 11.5 Å². The molecule has 0 aromatic heterocycles. The molecule has 0 saturated heterocycles. The van der Waals surface area contributed by atoms with Gasteiger partial charge in [0.15, 0.2) is 0 Å². The number of benzene rings is 2. The van der Waals surface area contributed by atoms with E-state index in [1.165, 1.54) is 0 Å². The number of rotatable bonds is 6. The molecule has 0 spiro atoms. The molecule has 100 valence electrons. The van der Waals surface area contributed by atoms with E-state index in [0.717, 1.165) is 11.3 Å². The third kappa shape index (κ3) is 4.47. The zero-order chi connectivity index (χ0) is 13.5. The zero-order valence-electron chi connectivity index (χ0n) is 10.4. The second kappa shape index (κ2) is 7.02. The van der Waals surface area contributed by atoms with Crippen LogP contribution in [0.4, 0.5) is 0 Å². The summed E-state index contributed by atoms with van der Waals surface area (Å²) in [4.78, 5) is 0. The van der Waals surface area contributed by atoms with Crippen molar-refractivity contribution in [2.24, 2.45) is 0 Å². The maximum atomic E-state index is 8.82. The molecule has 1 N–H and O–H groups in total. The van der Waals surface area contributed by atoms with E-state index in [0.29, 0.717) is 17.2 Å². The van der Waals surface area contributed by atoms with E-state index in [-0.39, 0.29) is 13.4 Å². The lowest BCUT2D eigenvalue weighted by Crippen LogP contribution is -2.05. The summed E-state index contributed by atoms with van der Waals surface area (Å²) < 4.78 is 10.9. The van der Waals surface area contributed by atoms with E-state index in [2.05, 4.69) is 0 Å². The fourth-order valence-electron chi connectivity index (χ4n) is 1.58. The maximum Gasteiger partial charge on any atom is 0.230 e. The largest absolute Gasteiger partial charge is 0.458 e. The van der Waals surface area contributed by atoms with E-state index in [1.807, 2.05) is 24.3 Å². The van der Waals surface area contributed by atoms with Gasteiger partial charge in [-0.2, -0.15) is 0 Å². The average Bonchev–Trinajstić information content (AvgIpc) is 2.43. The van der Waals surface area contributed by atoms with E-state index in [4.69, 9.17) is 26.2 Å². The Morgan fingerprint density at radius 1 is 0.842 bits per heavy atom. The number of hydrogen-bond acceptors (Lipinski definition) is 3. The molecule has 19 heavy (non-hydrogen) atoms. The van der Waals surface area contributed by atoms with Crippen LogP contribution in [0, 0.1) is 0 Å². The first kappa shape index (κ1) is 13.7. The van der Waals surface area contributed by atoms with Crippen LogP contribution in [-0.2, 0) is 6.42 Å². The van der Waals surface area contributed by atoms with Crippen molar-refractivity contribution >= 4 is 11.6 Å². The van der Waals surface area contributed by atoms with Gasteiger partial charge in [-0.05, 0) is 48.4 Å². The number of aliphatic hydroxyl groups excluding tert-OH is 1. The Bertz CT molecular complexity index is 494. The maximum absolute atomic E-state index is 8.82. The molecule has 0 saturated carbocycles. The highest BCUT2D eigenvalue weighted by Gasteiger charge is 1.97. The molecule has 2 aromatic rings. The molecular formula is C15H15ClO3. The first-order valence-electron chi connectivity index (χ1n) is 5.99. The summed E-state index contributed by atoms with van der Waals surface area (Å²) in [6, 6.07) is 14.7. The van der Waals surface area contributed by atoms with Crippen molar-refractivity contribution in [3.05, 3.63) is 59.1 Å². The molecule has 0 unspecified atom stereocenters. The van der Waals surface area contributed by atoms with E-state index >= 15 is 0 Å². The highest BCUT2D eigenvalue weighted by molar-refractivity contribution is 6.30. The minimum Gasteiger partial charge on any atom is -0.458 e. The molecule has 2 rings (SSSR count). The normalized spacial score (nSPS) is 10.2. The first-order valence-corrected chi connectivity index (χ1v) is 6.37. The van der Waals surface area contributed by atoms with Crippen LogP contribution in [0.25, 0.3) is 0 Å². The SMILES string of the molecule is OCCc1ccc(OCOc2ccc(Cl)cc2)cc1. The third-order valence-corrected chi connectivity index (χ3v) is 2.84. The second-order valence-corrected chi connectivity index (χ2v) is 4.41. The molecule has 2 aromatic carbocycles. The fourth-order valence-corrected chi connectivity index (χ4v) is 1.70. The summed E-state index contributed by atoms with van der Waals surface area (Å²) >= 11 is 5.78. The lowest BCUT2D eigenvalue weighted by molar-refractivity contribution is 0.120. The molecule has 0 aliphatic carbocycles. The molecule has 0 atom stereocenters. The van der Waals surface area contributed by atoms with Gasteiger partial charge in [0.2, 0.25) is 6.79 Å². The Hall–Kier alpha value is -1.71.